The Hall–Kier alpha value is -3.83. The lowest BCUT2D eigenvalue weighted by Gasteiger charge is -2.33. The number of hydrogen-bond acceptors (Lipinski definition) is 5. The van der Waals surface area contributed by atoms with Crippen LogP contribution in [0, 0.1) is 0 Å². The molecule has 1 aliphatic rings. The molecule has 188 valence electrons. The average Bonchev–Trinajstić information content (AvgIpc) is 3.26. The Morgan fingerprint density at radius 3 is 2.49 bits per heavy atom. The predicted octanol–water partition coefficient (Wildman–Crippen LogP) is 3.84. The number of pyridine rings is 1. The molecule has 35 heavy (non-hydrogen) atoms. The van der Waals surface area contributed by atoms with Crippen LogP contribution in [0.3, 0.4) is 0 Å². The summed E-state index contributed by atoms with van der Waals surface area (Å²) in [5.74, 6) is -1.76. The molecule has 0 bridgehead atoms. The van der Waals surface area contributed by atoms with E-state index in [9.17, 15) is 18.0 Å². The first-order valence-corrected chi connectivity index (χ1v) is 10.9. The molecule has 4 rings (SSSR count). The lowest BCUT2D eigenvalue weighted by Crippen LogP contribution is -2.44. The van der Waals surface area contributed by atoms with Gasteiger partial charge in [-0.15, -0.1) is 0 Å². The minimum Gasteiger partial charge on any atom is -0.475 e. The van der Waals surface area contributed by atoms with Gasteiger partial charge in [0.1, 0.15) is 0 Å². The zero-order chi connectivity index (χ0) is 25.6. The third kappa shape index (κ3) is 7.08. The molecule has 1 aliphatic heterocycles. The molecule has 0 spiro atoms. The van der Waals surface area contributed by atoms with Crippen LogP contribution in [0.1, 0.15) is 30.1 Å². The van der Waals surface area contributed by atoms with Crippen LogP contribution < -0.4 is 5.32 Å². The van der Waals surface area contributed by atoms with Crippen molar-refractivity contribution < 1.29 is 27.9 Å². The van der Waals surface area contributed by atoms with E-state index in [2.05, 4.69) is 17.4 Å². The molecule has 1 unspecified atom stereocenters. The van der Waals surface area contributed by atoms with Gasteiger partial charge in [0, 0.05) is 39.6 Å². The molecule has 1 atom stereocenters. The van der Waals surface area contributed by atoms with E-state index in [1.165, 1.54) is 5.56 Å². The number of amides is 2. The number of nitrogens with zero attached hydrogens (tertiary/aromatic N) is 5. The van der Waals surface area contributed by atoms with Gasteiger partial charge in [-0.25, -0.2) is 19.1 Å². The zero-order valence-corrected chi connectivity index (χ0v) is 19.4. The van der Waals surface area contributed by atoms with Crippen molar-refractivity contribution in [3.63, 3.8) is 0 Å². The van der Waals surface area contributed by atoms with Crippen molar-refractivity contribution in [3.8, 4) is 0 Å². The van der Waals surface area contributed by atoms with Gasteiger partial charge < -0.3 is 20.2 Å². The first kappa shape index (κ1) is 25.8. The number of carboxylic acid groups (broad SMARTS) is 1. The van der Waals surface area contributed by atoms with Crippen LogP contribution in [0.15, 0.2) is 48.7 Å². The Bertz CT molecular complexity index is 1150. The number of carbonyl (C=O) groups excluding carboxylic acids is 1. The maximum absolute atomic E-state index is 12.3. The van der Waals surface area contributed by atoms with Gasteiger partial charge in [0.05, 0.1) is 11.9 Å². The molecule has 3 aromatic rings. The zero-order valence-electron chi connectivity index (χ0n) is 19.4. The van der Waals surface area contributed by atoms with Gasteiger partial charge in [-0.1, -0.05) is 30.3 Å². The van der Waals surface area contributed by atoms with Crippen molar-refractivity contribution in [3.05, 3.63) is 60.0 Å². The summed E-state index contributed by atoms with van der Waals surface area (Å²) in [4.78, 5) is 29.4. The largest absolute Gasteiger partial charge is 0.490 e. The number of fused-ring (bicyclic) bond motifs is 1. The molecule has 2 amide bonds. The minimum atomic E-state index is -5.08. The van der Waals surface area contributed by atoms with E-state index in [1.807, 2.05) is 45.9 Å². The number of anilines is 1. The van der Waals surface area contributed by atoms with Crippen LogP contribution in [0.4, 0.5) is 23.7 Å². The molecule has 2 aromatic heterocycles. The Balaban J connectivity index is 0.000000429. The van der Waals surface area contributed by atoms with Crippen LogP contribution in [-0.4, -0.2) is 74.9 Å². The quantitative estimate of drug-likeness (QED) is 0.574. The summed E-state index contributed by atoms with van der Waals surface area (Å²) in [7, 11) is 3.58. The number of halogens is 3. The normalized spacial score (nSPS) is 15.8. The Morgan fingerprint density at radius 1 is 1.17 bits per heavy atom. The van der Waals surface area contributed by atoms with Gasteiger partial charge in [-0.05, 0) is 30.5 Å². The second kappa shape index (κ2) is 11.1. The number of urea groups is 1. The second-order valence-electron chi connectivity index (χ2n) is 8.29. The van der Waals surface area contributed by atoms with E-state index in [4.69, 9.17) is 20.0 Å². The number of piperidine rings is 1. The molecule has 1 saturated heterocycles. The summed E-state index contributed by atoms with van der Waals surface area (Å²) < 4.78 is 33.6. The predicted molar refractivity (Wildman–Crippen MR) is 123 cm³/mol. The fourth-order valence-electron chi connectivity index (χ4n) is 3.62. The number of aliphatic carboxylic acids is 1. The molecular weight excluding hydrogens is 465 g/mol. The first-order valence-electron chi connectivity index (χ1n) is 10.9. The van der Waals surface area contributed by atoms with Crippen LogP contribution in [0.5, 0.6) is 0 Å². The molecule has 1 fully saturated rings. The third-order valence-electron chi connectivity index (χ3n) is 5.37. The topological polar surface area (TPSA) is 103 Å². The number of carboxylic acids is 1. The van der Waals surface area contributed by atoms with Gasteiger partial charge >= 0.3 is 18.2 Å². The van der Waals surface area contributed by atoms with Crippen LogP contribution >= 0.6 is 0 Å². The van der Waals surface area contributed by atoms with E-state index in [0.717, 1.165) is 43.1 Å². The van der Waals surface area contributed by atoms with E-state index in [-0.39, 0.29) is 11.9 Å². The second-order valence-corrected chi connectivity index (χ2v) is 8.29. The van der Waals surface area contributed by atoms with Crippen LogP contribution in [-0.2, 0) is 11.3 Å². The van der Waals surface area contributed by atoms with Gasteiger partial charge in [-0.3, -0.25) is 0 Å². The van der Waals surface area contributed by atoms with E-state index >= 15 is 0 Å². The van der Waals surface area contributed by atoms with Crippen molar-refractivity contribution in [1.82, 2.24) is 24.4 Å². The number of aromatic nitrogens is 3. The fourth-order valence-corrected chi connectivity index (χ4v) is 3.62. The monoisotopic (exact) mass is 492 g/mol. The van der Waals surface area contributed by atoms with Crippen molar-refractivity contribution in [2.45, 2.75) is 31.5 Å². The Morgan fingerprint density at radius 2 is 1.86 bits per heavy atom. The third-order valence-corrected chi connectivity index (χ3v) is 5.37. The average molecular weight is 493 g/mol. The standard InChI is InChI=1S/C21H26N6O.C2HF3O2/c1-25(2)21(28)26-12-6-9-17(14-26)20-23-19-11-10-18(15-27(19)24-20)22-13-16-7-4-3-5-8-16;3-2(4,5)1(6)7/h3-5,7-8,10-11,15,17,22H,6,9,12-14H2,1-2H3;(H,6,7). The summed E-state index contributed by atoms with van der Waals surface area (Å²) in [5, 5.41) is 15.3. The van der Waals surface area contributed by atoms with E-state index < -0.39 is 12.1 Å². The summed E-state index contributed by atoms with van der Waals surface area (Å²) in [5.41, 5.74) is 3.06. The molecule has 12 heteroatoms. The molecule has 0 aliphatic carbocycles. The Kier molecular flexibility index (Phi) is 8.15. The van der Waals surface area contributed by atoms with Crippen molar-refractivity contribution in [2.75, 3.05) is 32.5 Å². The number of nitrogens with one attached hydrogen (secondary N) is 1. The molecule has 0 radical (unpaired) electrons. The lowest BCUT2D eigenvalue weighted by molar-refractivity contribution is -0.192. The molecule has 0 saturated carbocycles. The fraction of sp³-hybridized carbons (Fsp3) is 0.391. The minimum absolute atomic E-state index is 0.0564. The molecule has 1 aromatic carbocycles. The smallest absolute Gasteiger partial charge is 0.475 e. The number of benzene rings is 1. The summed E-state index contributed by atoms with van der Waals surface area (Å²) in [6.45, 7) is 2.24. The SMILES string of the molecule is CN(C)C(=O)N1CCCC(c2nc3ccc(NCc4ccccc4)cn3n2)C1.O=C(O)C(F)(F)F. The molecule has 3 heterocycles. The number of likely N-dealkylation sites (tertiary alicyclic amines) is 1. The highest BCUT2D eigenvalue weighted by atomic mass is 19.4. The van der Waals surface area contributed by atoms with E-state index in [0.29, 0.717) is 6.54 Å². The van der Waals surface area contributed by atoms with Gasteiger partial charge in [0.2, 0.25) is 0 Å². The lowest BCUT2D eigenvalue weighted by atomic mass is 9.98. The van der Waals surface area contributed by atoms with Crippen LogP contribution in [0.25, 0.3) is 5.65 Å². The number of rotatable bonds is 4. The maximum atomic E-state index is 12.3. The molecular formula is C23H27F3N6O3. The highest BCUT2D eigenvalue weighted by Crippen LogP contribution is 2.26. The van der Waals surface area contributed by atoms with Crippen molar-refractivity contribution in [2.24, 2.45) is 0 Å². The van der Waals surface area contributed by atoms with Gasteiger partial charge in [0.15, 0.2) is 11.5 Å². The van der Waals surface area contributed by atoms with Crippen molar-refractivity contribution in [1.29, 1.82) is 0 Å². The molecule has 2 N–H and O–H groups in total. The maximum Gasteiger partial charge on any atom is 0.490 e. The highest BCUT2D eigenvalue weighted by molar-refractivity contribution is 5.74. The summed E-state index contributed by atoms with van der Waals surface area (Å²) in [6.07, 6.45) is -1.13. The summed E-state index contributed by atoms with van der Waals surface area (Å²) >= 11 is 0. The van der Waals surface area contributed by atoms with Crippen LogP contribution in [0.2, 0.25) is 0 Å². The van der Waals surface area contributed by atoms with Gasteiger partial charge in [0.25, 0.3) is 0 Å². The Labute approximate surface area is 200 Å². The highest BCUT2D eigenvalue weighted by Gasteiger charge is 2.38. The number of alkyl halides is 3. The van der Waals surface area contributed by atoms with E-state index in [1.54, 1.807) is 19.0 Å². The summed E-state index contributed by atoms with van der Waals surface area (Å²) in [6, 6.07) is 14.4. The number of carbonyl (C=O) groups is 2. The van der Waals surface area contributed by atoms with Gasteiger partial charge in [-0.2, -0.15) is 18.3 Å². The molecule has 9 nitrogen and oxygen atoms in total. The van der Waals surface area contributed by atoms with Crippen molar-refractivity contribution >= 4 is 23.3 Å². The first-order chi connectivity index (χ1) is 16.5. The number of hydrogen-bond donors (Lipinski definition) is 2.